The van der Waals surface area contributed by atoms with E-state index < -0.39 is 0 Å². The second kappa shape index (κ2) is 4.57. The van der Waals surface area contributed by atoms with Crippen LogP contribution in [-0.4, -0.2) is 55.9 Å². The largest absolute Gasteiger partial charge is 0.367 e. The summed E-state index contributed by atoms with van der Waals surface area (Å²) in [6.07, 6.45) is -0.00298. The Morgan fingerprint density at radius 2 is 2.32 bits per heavy atom. The Kier molecular flexibility index (Phi) is 3.02. The predicted molar refractivity (Wildman–Crippen MR) is 70.5 cm³/mol. The van der Waals surface area contributed by atoms with Gasteiger partial charge in [-0.3, -0.25) is 0 Å². The average molecular weight is 283 g/mol. The molecule has 0 radical (unpaired) electrons. The van der Waals surface area contributed by atoms with Crippen molar-refractivity contribution < 1.29 is 4.74 Å². The number of morpholine rings is 1. The van der Waals surface area contributed by atoms with E-state index in [0.29, 0.717) is 18.1 Å². The second-order valence-corrected chi connectivity index (χ2v) is 5.56. The van der Waals surface area contributed by atoms with E-state index in [1.54, 1.807) is 0 Å². The molecule has 0 aliphatic carbocycles. The van der Waals surface area contributed by atoms with E-state index in [-0.39, 0.29) is 11.7 Å². The number of anilines is 1. The van der Waals surface area contributed by atoms with E-state index in [0.717, 1.165) is 12.4 Å². The van der Waals surface area contributed by atoms with Crippen molar-refractivity contribution in [3.8, 4) is 0 Å². The number of tetrazole rings is 1. The summed E-state index contributed by atoms with van der Waals surface area (Å²) in [6.45, 7) is 5.57. The number of aromatic nitrogens is 5. The molecule has 0 aromatic carbocycles. The van der Waals surface area contributed by atoms with E-state index in [1.807, 2.05) is 26.0 Å². The zero-order valence-corrected chi connectivity index (χ0v) is 11.6. The molecule has 0 N–H and O–H groups in total. The molecule has 102 valence electrons. The lowest BCUT2D eigenvalue weighted by molar-refractivity contribution is -0.0736. The Bertz CT molecular complexity index is 585. The number of nitrogens with zero attached hydrogens (tertiary/aromatic N) is 6. The lowest BCUT2D eigenvalue weighted by Gasteiger charge is -2.42. The van der Waals surface area contributed by atoms with Crippen LogP contribution in [0, 0.1) is 0 Å². The molecule has 0 amide bonds. The first-order valence-corrected chi connectivity index (χ1v) is 6.65. The van der Waals surface area contributed by atoms with Crippen LogP contribution in [0.1, 0.15) is 13.8 Å². The van der Waals surface area contributed by atoms with E-state index in [2.05, 4.69) is 25.5 Å². The van der Waals surface area contributed by atoms with Crippen LogP contribution >= 0.6 is 11.6 Å². The maximum atomic E-state index is 5.93. The van der Waals surface area contributed by atoms with Gasteiger partial charge in [0.2, 0.25) is 0 Å². The minimum atomic E-state index is -0.255. The molecule has 3 heterocycles. The number of fused-ring (bicyclic) bond motifs is 1. The number of hydrogen-bond acceptors (Lipinski definition) is 6. The fourth-order valence-corrected chi connectivity index (χ4v) is 2.52. The molecule has 8 heteroatoms. The molecular weight excluding hydrogens is 268 g/mol. The molecule has 1 unspecified atom stereocenters. The van der Waals surface area contributed by atoms with Crippen LogP contribution in [0.5, 0.6) is 0 Å². The standard InChI is InChI=1S/C11H15ClN6O/c1-11(2)7-17(6-8(5-12)19-11)10-4-3-9-13-15-16-18(9)14-10/h3-4,8H,5-7H2,1-2H3. The smallest absolute Gasteiger partial charge is 0.200 e. The minimum absolute atomic E-state index is 0.00298. The first kappa shape index (κ1) is 12.6. The molecule has 1 fully saturated rings. The van der Waals surface area contributed by atoms with Gasteiger partial charge in [0.1, 0.15) is 0 Å². The van der Waals surface area contributed by atoms with Gasteiger partial charge in [-0.05, 0) is 36.4 Å². The molecule has 0 bridgehead atoms. The summed E-state index contributed by atoms with van der Waals surface area (Å²) in [7, 11) is 0. The molecule has 1 saturated heterocycles. The third-order valence-electron chi connectivity index (χ3n) is 3.03. The number of halogens is 1. The number of rotatable bonds is 2. The van der Waals surface area contributed by atoms with Gasteiger partial charge < -0.3 is 9.64 Å². The fourth-order valence-electron chi connectivity index (χ4n) is 2.36. The highest BCUT2D eigenvalue weighted by molar-refractivity contribution is 6.18. The van der Waals surface area contributed by atoms with Crippen molar-refractivity contribution >= 4 is 23.1 Å². The number of alkyl halides is 1. The Morgan fingerprint density at radius 1 is 1.47 bits per heavy atom. The van der Waals surface area contributed by atoms with Crippen LogP contribution in [0.15, 0.2) is 12.1 Å². The van der Waals surface area contributed by atoms with E-state index in [1.165, 1.54) is 4.63 Å². The first-order valence-electron chi connectivity index (χ1n) is 6.11. The molecule has 3 rings (SSSR count). The van der Waals surface area contributed by atoms with Crippen molar-refractivity contribution in [1.82, 2.24) is 25.3 Å². The van der Waals surface area contributed by atoms with Gasteiger partial charge in [-0.1, -0.05) is 0 Å². The van der Waals surface area contributed by atoms with Crippen molar-refractivity contribution in [3.05, 3.63) is 12.1 Å². The Labute approximate surface area is 115 Å². The summed E-state index contributed by atoms with van der Waals surface area (Å²) in [5.74, 6) is 1.29. The molecule has 0 spiro atoms. The SMILES string of the molecule is CC1(C)CN(c2ccc3nnnn3n2)CC(CCl)O1. The highest BCUT2D eigenvalue weighted by Crippen LogP contribution is 2.25. The van der Waals surface area contributed by atoms with E-state index in [9.17, 15) is 0 Å². The Morgan fingerprint density at radius 3 is 3.11 bits per heavy atom. The lowest BCUT2D eigenvalue weighted by atomic mass is 10.1. The molecule has 7 nitrogen and oxygen atoms in total. The van der Waals surface area contributed by atoms with Crippen molar-refractivity contribution in [3.63, 3.8) is 0 Å². The maximum Gasteiger partial charge on any atom is 0.200 e. The highest BCUT2D eigenvalue weighted by Gasteiger charge is 2.33. The van der Waals surface area contributed by atoms with Crippen LogP contribution < -0.4 is 4.90 Å². The van der Waals surface area contributed by atoms with Gasteiger partial charge in [0.15, 0.2) is 11.5 Å². The third-order valence-corrected chi connectivity index (χ3v) is 3.38. The van der Waals surface area contributed by atoms with Gasteiger partial charge in [-0.25, -0.2) is 0 Å². The van der Waals surface area contributed by atoms with Crippen molar-refractivity contribution in [2.24, 2.45) is 0 Å². The quantitative estimate of drug-likeness (QED) is 0.757. The van der Waals surface area contributed by atoms with E-state index in [4.69, 9.17) is 16.3 Å². The van der Waals surface area contributed by atoms with Gasteiger partial charge in [0, 0.05) is 13.1 Å². The van der Waals surface area contributed by atoms with Crippen LogP contribution in [0.2, 0.25) is 0 Å². The fraction of sp³-hybridized carbons (Fsp3) is 0.636. The van der Waals surface area contributed by atoms with Gasteiger partial charge in [-0.15, -0.1) is 26.4 Å². The maximum absolute atomic E-state index is 5.93. The molecule has 1 atom stereocenters. The number of ether oxygens (including phenoxy) is 1. The Hall–Kier alpha value is -1.47. The van der Waals surface area contributed by atoms with Crippen molar-refractivity contribution in [1.29, 1.82) is 0 Å². The monoisotopic (exact) mass is 282 g/mol. The summed E-state index contributed by atoms with van der Waals surface area (Å²) >= 11 is 5.93. The van der Waals surface area contributed by atoms with E-state index >= 15 is 0 Å². The third kappa shape index (κ3) is 2.48. The van der Waals surface area contributed by atoms with Crippen molar-refractivity contribution in [2.45, 2.75) is 25.6 Å². The second-order valence-electron chi connectivity index (χ2n) is 5.25. The molecular formula is C11H15ClN6O. The summed E-state index contributed by atoms with van der Waals surface area (Å²) in [6, 6.07) is 3.76. The van der Waals surface area contributed by atoms with Crippen LogP contribution in [0.4, 0.5) is 5.82 Å². The first-order chi connectivity index (χ1) is 9.07. The van der Waals surface area contributed by atoms with Gasteiger partial charge in [-0.2, -0.15) is 0 Å². The molecule has 1 aliphatic heterocycles. The highest BCUT2D eigenvalue weighted by atomic mass is 35.5. The topological polar surface area (TPSA) is 68.4 Å². The lowest BCUT2D eigenvalue weighted by Crippen LogP contribution is -2.53. The zero-order valence-electron chi connectivity index (χ0n) is 10.8. The molecule has 0 saturated carbocycles. The van der Waals surface area contributed by atoms with Crippen LogP contribution in [0.25, 0.3) is 5.65 Å². The summed E-state index contributed by atoms with van der Waals surface area (Å²) < 4.78 is 7.32. The van der Waals surface area contributed by atoms with Gasteiger partial charge >= 0.3 is 0 Å². The summed E-state index contributed by atoms with van der Waals surface area (Å²) in [5.41, 5.74) is 0.375. The van der Waals surface area contributed by atoms with Gasteiger partial charge in [0.25, 0.3) is 0 Å². The minimum Gasteiger partial charge on any atom is -0.367 e. The van der Waals surface area contributed by atoms with Gasteiger partial charge in [0.05, 0.1) is 17.6 Å². The number of hydrogen-bond donors (Lipinski definition) is 0. The predicted octanol–water partition coefficient (Wildman–Crippen LogP) is 0.742. The summed E-state index contributed by atoms with van der Waals surface area (Å²) in [4.78, 5) is 2.15. The normalized spacial score (nSPS) is 22.9. The average Bonchev–Trinajstić information content (AvgIpc) is 2.83. The molecule has 2 aromatic heterocycles. The molecule has 19 heavy (non-hydrogen) atoms. The summed E-state index contributed by atoms with van der Waals surface area (Å²) in [5, 5.41) is 15.6. The zero-order chi connectivity index (χ0) is 13.5. The Balaban J connectivity index is 1.91. The molecule has 2 aromatic rings. The van der Waals surface area contributed by atoms with Crippen molar-refractivity contribution in [2.75, 3.05) is 23.9 Å². The van der Waals surface area contributed by atoms with Crippen LogP contribution in [-0.2, 0) is 4.74 Å². The van der Waals surface area contributed by atoms with Crippen LogP contribution in [0.3, 0.4) is 0 Å². The molecule has 1 aliphatic rings.